The number of thiazole rings is 1. The summed E-state index contributed by atoms with van der Waals surface area (Å²) in [5.41, 5.74) is 0.998. The number of nitrogens with zero attached hydrogens (tertiary/aromatic N) is 2. The van der Waals surface area contributed by atoms with Crippen LogP contribution in [-0.2, 0) is 11.3 Å². The standard InChI is InChI=1S/C14H23N3OS/c1-11-16-13(10-19-11)9-17(2)14(18)6-5-12-4-3-7-15-8-12/h10,12,15H,3-9H2,1-2H3. The highest BCUT2D eigenvalue weighted by molar-refractivity contribution is 7.09. The minimum Gasteiger partial charge on any atom is -0.340 e. The average Bonchev–Trinajstić information content (AvgIpc) is 2.82. The summed E-state index contributed by atoms with van der Waals surface area (Å²) in [4.78, 5) is 18.3. The van der Waals surface area contributed by atoms with E-state index >= 15 is 0 Å². The van der Waals surface area contributed by atoms with E-state index < -0.39 is 0 Å². The lowest BCUT2D eigenvalue weighted by Gasteiger charge is -2.23. The Kier molecular flexibility index (Phi) is 5.34. The van der Waals surface area contributed by atoms with Crippen LogP contribution in [0.4, 0.5) is 0 Å². The molecule has 0 bridgehead atoms. The second kappa shape index (κ2) is 7.01. The molecule has 1 unspecified atom stereocenters. The Bertz CT molecular complexity index is 413. The van der Waals surface area contributed by atoms with Crippen molar-refractivity contribution >= 4 is 17.2 Å². The molecule has 19 heavy (non-hydrogen) atoms. The van der Waals surface area contributed by atoms with Crippen LogP contribution in [-0.4, -0.2) is 35.9 Å². The molecule has 1 aromatic heterocycles. The van der Waals surface area contributed by atoms with Crippen LogP contribution >= 0.6 is 11.3 Å². The van der Waals surface area contributed by atoms with E-state index in [4.69, 9.17) is 0 Å². The summed E-state index contributed by atoms with van der Waals surface area (Å²) in [6.45, 7) is 4.83. The van der Waals surface area contributed by atoms with Crippen molar-refractivity contribution in [2.45, 2.75) is 39.2 Å². The van der Waals surface area contributed by atoms with Gasteiger partial charge in [0, 0.05) is 18.8 Å². The molecule has 0 saturated carbocycles. The van der Waals surface area contributed by atoms with Crippen molar-refractivity contribution in [2.75, 3.05) is 20.1 Å². The summed E-state index contributed by atoms with van der Waals surface area (Å²) in [7, 11) is 1.87. The van der Waals surface area contributed by atoms with Crippen molar-refractivity contribution in [3.05, 3.63) is 16.1 Å². The number of hydrogen-bond acceptors (Lipinski definition) is 4. The number of hydrogen-bond donors (Lipinski definition) is 1. The van der Waals surface area contributed by atoms with Gasteiger partial charge in [-0.05, 0) is 45.2 Å². The second-order valence-corrected chi connectivity index (χ2v) is 6.42. The van der Waals surface area contributed by atoms with Gasteiger partial charge in [0.05, 0.1) is 17.2 Å². The molecule has 0 spiro atoms. The van der Waals surface area contributed by atoms with Gasteiger partial charge < -0.3 is 10.2 Å². The Hall–Kier alpha value is -0.940. The number of nitrogens with one attached hydrogen (secondary N) is 1. The molecule has 106 valence electrons. The Morgan fingerprint density at radius 1 is 1.63 bits per heavy atom. The monoisotopic (exact) mass is 281 g/mol. The van der Waals surface area contributed by atoms with Crippen LogP contribution in [0.1, 0.15) is 36.4 Å². The van der Waals surface area contributed by atoms with Crippen LogP contribution in [0.2, 0.25) is 0 Å². The summed E-state index contributed by atoms with van der Waals surface area (Å²) >= 11 is 1.64. The summed E-state index contributed by atoms with van der Waals surface area (Å²) in [6, 6.07) is 0. The number of carbonyl (C=O) groups excluding carboxylic acids is 1. The zero-order valence-electron chi connectivity index (χ0n) is 11.8. The minimum atomic E-state index is 0.233. The maximum Gasteiger partial charge on any atom is 0.222 e. The first-order valence-corrected chi connectivity index (χ1v) is 7.89. The molecule has 1 amide bonds. The predicted molar refractivity (Wildman–Crippen MR) is 78.2 cm³/mol. The van der Waals surface area contributed by atoms with Crippen molar-refractivity contribution < 1.29 is 4.79 Å². The molecule has 0 aromatic carbocycles. The third-order valence-corrected chi connectivity index (χ3v) is 4.48. The summed E-state index contributed by atoms with van der Waals surface area (Å²) in [5, 5.41) is 6.49. The van der Waals surface area contributed by atoms with Crippen LogP contribution < -0.4 is 5.32 Å². The number of rotatable bonds is 5. The first kappa shape index (κ1) is 14.5. The lowest BCUT2D eigenvalue weighted by atomic mass is 9.94. The smallest absolute Gasteiger partial charge is 0.222 e. The Labute approximate surface area is 119 Å². The van der Waals surface area contributed by atoms with Gasteiger partial charge in [0.1, 0.15) is 0 Å². The zero-order chi connectivity index (χ0) is 13.7. The van der Waals surface area contributed by atoms with E-state index in [1.165, 1.54) is 12.8 Å². The Balaban J connectivity index is 1.72. The molecule has 0 radical (unpaired) electrons. The van der Waals surface area contributed by atoms with Crippen LogP contribution in [0.3, 0.4) is 0 Å². The zero-order valence-corrected chi connectivity index (χ0v) is 12.6. The number of aromatic nitrogens is 1. The molecule has 4 nitrogen and oxygen atoms in total. The van der Waals surface area contributed by atoms with Crippen LogP contribution in [0.25, 0.3) is 0 Å². The molecular weight excluding hydrogens is 258 g/mol. The fraction of sp³-hybridized carbons (Fsp3) is 0.714. The van der Waals surface area contributed by atoms with Gasteiger partial charge in [0.25, 0.3) is 0 Å². The molecule has 1 N–H and O–H groups in total. The maximum atomic E-state index is 12.1. The fourth-order valence-corrected chi connectivity index (χ4v) is 3.10. The van der Waals surface area contributed by atoms with Crippen LogP contribution in [0.5, 0.6) is 0 Å². The largest absolute Gasteiger partial charge is 0.340 e. The summed E-state index contributed by atoms with van der Waals surface area (Å²) < 4.78 is 0. The SMILES string of the molecule is Cc1nc(CN(C)C(=O)CCC2CCCNC2)cs1. The number of aryl methyl sites for hydroxylation is 1. The highest BCUT2D eigenvalue weighted by Crippen LogP contribution is 2.17. The molecule has 5 heteroatoms. The lowest BCUT2D eigenvalue weighted by Crippen LogP contribution is -2.31. The topological polar surface area (TPSA) is 45.2 Å². The van der Waals surface area contributed by atoms with E-state index in [-0.39, 0.29) is 5.91 Å². The van der Waals surface area contributed by atoms with E-state index in [0.717, 1.165) is 30.2 Å². The third kappa shape index (κ3) is 4.58. The summed E-state index contributed by atoms with van der Waals surface area (Å²) in [5.74, 6) is 0.906. The number of piperidine rings is 1. The van der Waals surface area contributed by atoms with Crippen LogP contribution in [0.15, 0.2) is 5.38 Å². The highest BCUT2D eigenvalue weighted by atomic mass is 32.1. The van der Waals surface area contributed by atoms with Crippen molar-refractivity contribution in [3.63, 3.8) is 0 Å². The first-order valence-electron chi connectivity index (χ1n) is 7.01. The molecule has 2 rings (SSSR count). The van der Waals surface area contributed by atoms with Gasteiger partial charge in [-0.3, -0.25) is 4.79 Å². The normalized spacial score (nSPS) is 19.4. The average molecular weight is 281 g/mol. The van der Waals surface area contributed by atoms with Gasteiger partial charge in [0.2, 0.25) is 5.91 Å². The van der Waals surface area contributed by atoms with Crippen molar-refractivity contribution in [2.24, 2.45) is 5.92 Å². The van der Waals surface area contributed by atoms with Gasteiger partial charge >= 0.3 is 0 Å². The van der Waals surface area contributed by atoms with Crippen LogP contribution in [0, 0.1) is 12.8 Å². The Morgan fingerprint density at radius 3 is 3.11 bits per heavy atom. The fourth-order valence-electron chi connectivity index (χ4n) is 2.50. The van der Waals surface area contributed by atoms with Gasteiger partial charge in [-0.15, -0.1) is 11.3 Å². The quantitative estimate of drug-likeness (QED) is 0.900. The molecule has 1 saturated heterocycles. The predicted octanol–water partition coefficient (Wildman–Crippen LogP) is 2.19. The molecule has 1 aromatic rings. The lowest BCUT2D eigenvalue weighted by molar-refractivity contribution is -0.130. The van der Waals surface area contributed by atoms with Crippen molar-refractivity contribution in [3.8, 4) is 0 Å². The molecule has 1 atom stereocenters. The highest BCUT2D eigenvalue weighted by Gasteiger charge is 2.16. The van der Waals surface area contributed by atoms with E-state index in [1.807, 2.05) is 19.4 Å². The van der Waals surface area contributed by atoms with Crippen molar-refractivity contribution in [1.82, 2.24) is 15.2 Å². The minimum absolute atomic E-state index is 0.233. The number of amides is 1. The van der Waals surface area contributed by atoms with Gasteiger partial charge in [0.15, 0.2) is 0 Å². The molecule has 0 aliphatic carbocycles. The van der Waals surface area contributed by atoms with E-state index in [2.05, 4.69) is 10.3 Å². The molecule has 2 heterocycles. The van der Waals surface area contributed by atoms with Gasteiger partial charge in [-0.25, -0.2) is 4.98 Å². The molecule has 1 aliphatic heterocycles. The maximum absolute atomic E-state index is 12.1. The second-order valence-electron chi connectivity index (χ2n) is 5.36. The molecule has 1 aliphatic rings. The number of carbonyl (C=O) groups is 1. The van der Waals surface area contributed by atoms with E-state index in [9.17, 15) is 4.79 Å². The molecule has 1 fully saturated rings. The molecular formula is C14H23N3OS. The van der Waals surface area contributed by atoms with Crippen molar-refractivity contribution in [1.29, 1.82) is 0 Å². The third-order valence-electron chi connectivity index (χ3n) is 3.66. The van der Waals surface area contributed by atoms with Gasteiger partial charge in [-0.2, -0.15) is 0 Å². The Morgan fingerprint density at radius 2 is 2.47 bits per heavy atom. The first-order chi connectivity index (χ1) is 9.15. The van der Waals surface area contributed by atoms with Gasteiger partial charge in [-0.1, -0.05) is 0 Å². The summed E-state index contributed by atoms with van der Waals surface area (Å²) in [6.07, 6.45) is 4.17. The van der Waals surface area contributed by atoms with E-state index in [1.54, 1.807) is 16.2 Å². The van der Waals surface area contributed by atoms with E-state index in [0.29, 0.717) is 18.9 Å².